The van der Waals surface area contributed by atoms with E-state index < -0.39 is 11.8 Å². The maximum atomic E-state index is 14.5. The maximum Gasteiger partial charge on any atom is 0.296 e. The van der Waals surface area contributed by atoms with Crippen molar-refractivity contribution in [1.29, 1.82) is 0 Å². The summed E-state index contributed by atoms with van der Waals surface area (Å²) in [6.45, 7) is 4.04. The van der Waals surface area contributed by atoms with E-state index in [0.29, 0.717) is 30.0 Å². The molecule has 0 spiro atoms. The van der Waals surface area contributed by atoms with Crippen LogP contribution >= 0.6 is 0 Å². The molecule has 1 aliphatic carbocycles. The smallest absolute Gasteiger partial charge is 0.296 e. The lowest BCUT2D eigenvalue weighted by atomic mass is 9.70. The summed E-state index contributed by atoms with van der Waals surface area (Å²) in [5.74, 6) is -2.11. The Labute approximate surface area is 169 Å². The highest BCUT2D eigenvalue weighted by Gasteiger charge is 2.48. The standard InChI is InChI=1S/C23H24F2N3O/c1-15-3-6-22(28-12-15)29-19-4-5-21(27-14-19)16(2)17-7-9-23(24,25)20(11-17)18-8-10-26-13-18/h3-6,8,10,12-14,16-17,20H,7,9,11H2,1-2H3/q+1. The Morgan fingerprint density at radius 3 is 2.69 bits per heavy atom. The van der Waals surface area contributed by atoms with E-state index in [2.05, 4.69) is 21.6 Å². The Balaban J connectivity index is 1.44. The average Bonchev–Trinajstić information content (AvgIpc) is 3.24. The molecule has 2 aromatic rings. The summed E-state index contributed by atoms with van der Waals surface area (Å²) >= 11 is 0. The highest BCUT2D eigenvalue weighted by Crippen LogP contribution is 2.48. The third kappa shape index (κ3) is 4.28. The first kappa shape index (κ1) is 19.5. The summed E-state index contributed by atoms with van der Waals surface area (Å²) < 4.78 is 38.7. The molecule has 1 aliphatic heterocycles. The van der Waals surface area contributed by atoms with Crippen LogP contribution in [0.1, 0.15) is 43.4 Å². The summed E-state index contributed by atoms with van der Waals surface area (Å²) in [6.07, 6.45) is 9.10. The first-order chi connectivity index (χ1) is 13.9. The number of halogens is 2. The summed E-state index contributed by atoms with van der Waals surface area (Å²) in [7, 11) is 0. The Morgan fingerprint density at radius 1 is 1.17 bits per heavy atom. The molecule has 29 heavy (non-hydrogen) atoms. The minimum absolute atomic E-state index is 0.0862. The zero-order chi connectivity index (χ0) is 20.4. The molecule has 3 unspecified atom stereocenters. The van der Waals surface area contributed by atoms with Crippen LogP contribution in [0, 0.1) is 18.8 Å². The number of aryl methyl sites for hydroxylation is 1. The first-order valence-electron chi connectivity index (χ1n) is 9.93. The number of allylic oxidation sites excluding steroid dienone is 2. The Kier molecular flexibility index (Phi) is 5.29. The number of aromatic nitrogens is 2. The van der Waals surface area contributed by atoms with Gasteiger partial charge in [0.2, 0.25) is 5.88 Å². The molecule has 1 saturated carbocycles. The number of pyridine rings is 2. The molecule has 2 aliphatic rings. The average molecular weight is 396 g/mol. The normalized spacial score (nSPS) is 23.7. The van der Waals surface area contributed by atoms with Crippen molar-refractivity contribution in [2.24, 2.45) is 11.8 Å². The third-order valence-corrected chi connectivity index (χ3v) is 5.92. The van der Waals surface area contributed by atoms with E-state index in [1.807, 2.05) is 31.2 Å². The zero-order valence-corrected chi connectivity index (χ0v) is 16.6. The molecule has 3 heterocycles. The number of hydrogen-bond donors (Lipinski definition) is 0. The molecule has 0 radical (unpaired) electrons. The van der Waals surface area contributed by atoms with Crippen molar-refractivity contribution in [2.45, 2.75) is 45.0 Å². The number of hydrogen-bond acceptors (Lipinski definition) is 3. The van der Waals surface area contributed by atoms with Gasteiger partial charge in [-0.2, -0.15) is 0 Å². The summed E-state index contributed by atoms with van der Waals surface area (Å²) in [5, 5.41) is 0. The number of alkyl halides is 2. The number of nitrogens with zero attached hydrogens (tertiary/aromatic N) is 3. The van der Waals surface area contributed by atoms with Crippen molar-refractivity contribution in [1.82, 2.24) is 14.6 Å². The SMILES string of the molecule is Cc1ccc(Oc2ccc(C(C)C3CCC(F)(F)C(C4=CC=[N+]=C4)C3)nc2)nc1. The van der Waals surface area contributed by atoms with Gasteiger partial charge in [0.25, 0.3) is 18.4 Å². The second-order valence-corrected chi connectivity index (χ2v) is 7.93. The highest BCUT2D eigenvalue weighted by molar-refractivity contribution is 5.93. The van der Waals surface area contributed by atoms with Crippen LogP contribution in [0.15, 0.2) is 48.3 Å². The predicted octanol–water partition coefficient (Wildman–Crippen LogP) is 4.88. The molecule has 4 nitrogen and oxygen atoms in total. The van der Waals surface area contributed by atoms with Crippen molar-refractivity contribution in [2.75, 3.05) is 0 Å². The second-order valence-electron chi connectivity index (χ2n) is 7.93. The van der Waals surface area contributed by atoms with Crippen molar-refractivity contribution >= 4 is 12.4 Å². The molecule has 150 valence electrons. The van der Waals surface area contributed by atoms with Crippen molar-refractivity contribution in [3.63, 3.8) is 0 Å². The van der Waals surface area contributed by atoms with Crippen LogP contribution in [0.2, 0.25) is 0 Å². The quantitative estimate of drug-likeness (QED) is 0.677. The van der Waals surface area contributed by atoms with Crippen LogP contribution in [0.4, 0.5) is 8.78 Å². The summed E-state index contributed by atoms with van der Waals surface area (Å²) in [4.78, 5) is 8.76. The minimum Gasteiger partial charge on any atom is -0.437 e. The van der Waals surface area contributed by atoms with Crippen molar-refractivity contribution < 1.29 is 13.5 Å². The van der Waals surface area contributed by atoms with E-state index in [0.717, 1.165) is 11.3 Å². The molecule has 0 N–H and O–H groups in total. The number of ether oxygens (including phenoxy) is 1. The van der Waals surface area contributed by atoms with Gasteiger partial charge < -0.3 is 4.74 Å². The van der Waals surface area contributed by atoms with Gasteiger partial charge in [0.1, 0.15) is 5.75 Å². The van der Waals surface area contributed by atoms with E-state index in [4.69, 9.17) is 4.74 Å². The van der Waals surface area contributed by atoms with Crippen LogP contribution in [0.5, 0.6) is 11.6 Å². The maximum absolute atomic E-state index is 14.5. The molecule has 1 fully saturated rings. The first-order valence-corrected chi connectivity index (χ1v) is 9.93. The molecule has 0 bridgehead atoms. The van der Waals surface area contributed by atoms with Gasteiger partial charge in [-0.05, 0) is 43.4 Å². The zero-order valence-electron chi connectivity index (χ0n) is 16.6. The summed E-state index contributed by atoms with van der Waals surface area (Å²) in [5.41, 5.74) is 2.59. The molecule has 0 aromatic carbocycles. The lowest BCUT2D eigenvalue weighted by Gasteiger charge is -2.37. The van der Waals surface area contributed by atoms with Gasteiger partial charge in [-0.25, -0.2) is 13.8 Å². The lowest BCUT2D eigenvalue weighted by molar-refractivity contribution is -0.0839. The van der Waals surface area contributed by atoms with Crippen LogP contribution in [-0.2, 0) is 0 Å². The fourth-order valence-electron chi connectivity index (χ4n) is 4.08. The van der Waals surface area contributed by atoms with E-state index in [9.17, 15) is 8.78 Å². The van der Waals surface area contributed by atoms with Crippen molar-refractivity contribution in [3.05, 3.63) is 59.6 Å². The van der Waals surface area contributed by atoms with Gasteiger partial charge in [-0.3, -0.25) is 4.98 Å². The molecule has 2 aromatic heterocycles. The van der Waals surface area contributed by atoms with Crippen LogP contribution in [0.3, 0.4) is 0 Å². The van der Waals surface area contributed by atoms with E-state index >= 15 is 0 Å². The van der Waals surface area contributed by atoms with Crippen LogP contribution in [0.25, 0.3) is 0 Å². The monoisotopic (exact) mass is 396 g/mol. The van der Waals surface area contributed by atoms with E-state index in [1.54, 1.807) is 30.9 Å². The number of rotatable bonds is 5. The summed E-state index contributed by atoms with van der Waals surface area (Å²) in [6, 6.07) is 7.52. The largest absolute Gasteiger partial charge is 0.437 e. The van der Waals surface area contributed by atoms with Gasteiger partial charge >= 0.3 is 0 Å². The van der Waals surface area contributed by atoms with E-state index in [-0.39, 0.29) is 18.3 Å². The lowest BCUT2D eigenvalue weighted by Crippen LogP contribution is -2.38. The molecule has 6 heteroatoms. The Bertz CT molecular complexity index is 961. The van der Waals surface area contributed by atoms with Crippen LogP contribution in [-0.4, -0.2) is 28.3 Å². The van der Waals surface area contributed by atoms with Gasteiger partial charge in [0.05, 0.1) is 17.7 Å². The molecule has 4 rings (SSSR count). The fourth-order valence-corrected chi connectivity index (χ4v) is 4.08. The van der Waals surface area contributed by atoms with Crippen molar-refractivity contribution in [3.8, 4) is 11.6 Å². The molecular weight excluding hydrogens is 372 g/mol. The Morgan fingerprint density at radius 2 is 2.03 bits per heavy atom. The third-order valence-electron chi connectivity index (χ3n) is 5.92. The van der Waals surface area contributed by atoms with E-state index in [1.165, 1.54) is 0 Å². The van der Waals surface area contributed by atoms with Gasteiger partial charge in [0.15, 0.2) is 0 Å². The van der Waals surface area contributed by atoms with Crippen LogP contribution < -0.4 is 9.40 Å². The topological polar surface area (TPSA) is 49.1 Å². The van der Waals surface area contributed by atoms with Gasteiger partial charge in [-0.1, -0.05) is 13.0 Å². The highest BCUT2D eigenvalue weighted by atomic mass is 19.3. The van der Waals surface area contributed by atoms with Gasteiger partial charge in [0, 0.05) is 36.4 Å². The van der Waals surface area contributed by atoms with Gasteiger partial charge in [-0.15, -0.1) is 4.67 Å². The fraction of sp³-hybridized carbons (Fsp3) is 0.391. The molecule has 3 atom stereocenters. The Hall–Kier alpha value is -2.85. The predicted molar refractivity (Wildman–Crippen MR) is 110 cm³/mol. The minimum atomic E-state index is -2.68. The molecular formula is C23H24F2N3O+. The molecule has 0 saturated heterocycles. The second kappa shape index (κ2) is 7.88. The molecule has 0 amide bonds.